The van der Waals surface area contributed by atoms with Crippen molar-refractivity contribution in [1.29, 1.82) is 0 Å². The Morgan fingerprint density at radius 1 is 1.29 bits per heavy atom. The van der Waals surface area contributed by atoms with E-state index in [9.17, 15) is 14.3 Å². The molecule has 1 saturated carbocycles. The number of hydrogen-bond donors (Lipinski definition) is 1. The van der Waals surface area contributed by atoms with Gasteiger partial charge in [0.25, 0.3) is 0 Å². The van der Waals surface area contributed by atoms with Gasteiger partial charge in [-0.2, -0.15) is 0 Å². The summed E-state index contributed by atoms with van der Waals surface area (Å²) in [4.78, 5) is 11.4. The van der Waals surface area contributed by atoms with Gasteiger partial charge in [-0.25, -0.2) is 4.39 Å². The average Bonchev–Trinajstić information content (AvgIpc) is 3.01. The molecule has 1 N–H and O–H groups in total. The standard InChI is InChI=1S/C13H13FO3/c14-10-4-2-1-3-9(10)13(7-17-8-13)12(5-6-12)11(15)16/h1-4H,5-8H2,(H,15,16). The van der Waals surface area contributed by atoms with E-state index in [2.05, 4.69) is 0 Å². The summed E-state index contributed by atoms with van der Waals surface area (Å²) in [6.45, 7) is 0.612. The fraction of sp³-hybridized carbons (Fsp3) is 0.462. The highest BCUT2D eigenvalue weighted by atomic mass is 19.1. The average molecular weight is 236 g/mol. The first-order valence-electron chi connectivity index (χ1n) is 5.69. The Morgan fingerprint density at radius 2 is 1.94 bits per heavy atom. The van der Waals surface area contributed by atoms with Crippen molar-refractivity contribution in [2.45, 2.75) is 18.3 Å². The molecule has 1 aromatic carbocycles. The first-order chi connectivity index (χ1) is 8.12. The molecule has 0 unspecified atom stereocenters. The molecular weight excluding hydrogens is 223 g/mol. The lowest BCUT2D eigenvalue weighted by molar-refractivity contribution is -0.161. The van der Waals surface area contributed by atoms with Crippen molar-refractivity contribution in [3.63, 3.8) is 0 Å². The lowest BCUT2D eigenvalue weighted by Crippen LogP contribution is -2.56. The van der Waals surface area contributed by atoms with Crippen molar-refractivity contribution in [2.75, 3.05) is 13.2 Å². The van der Waals surface area contributed by atoms with Crippen LogP contribution in [0.3, 0.4) is 0 Å². The van der Waals surface area contributed by atoms with Crippen molar-refractivity contribution < 1.29 is 19.0 Å². The Labute approximate surface area is 98.2 Å². The number of carboxylic acids is 1. The van der Waals surface area contributed by atoms with E-state index in [-0.39, 0.29) is 5.82 Å². The molecule has 17 heavy (non-hydrogen) atoms. The van der Waals surface area contributed by atoms with Crippen molar-refractivity contribution in [1.82, 2.24) is 0 Å². The van der Waals surface area contributed by atoms with Gasteiger partial charge < -0.3 is 9.84 Å². The fourth-order valence-electron chi connectivity index (χ4n) is 2.87. The molecule has 0 amide bonds. The predicted octanol–water partition coefficient (Wildman–Crippen LogP) is 1.96. The van der Waals surface area contributed by atoms with Crippen LogP contribution < -0.4 is 0 Å². The second-order valence-electron chi connectivity index (χ2n) is 4.94. The van der Waals surface area contributed by atoms with Gasteiger partial charge in [-0.05, 0) is 24.5 Å². The van der Waals surface area contributed by atoms with Gasteiger partial charge in [0.05, 0.1) is 24.0 Å². The molecule has 3 rings (SSSR count). The van der Waals surface area contributed by atoms with Crippen molar-refractivity contribution in [2.24, 2.45) is 5.41 Å². The van der Waals surface area contributed by atoms with Gasteiger partial charge >= 0.3 is 5.97 Å². The van der Waals surface area contributed by atoms with Gasteiger partial charge in [-0.3, -0.25) is 4.79 Å². The molecule has 1 aliphatic heterocycles. The molecule has 2 fully saturated rings. The number of carbonyl (C=O) groups is 1. The first-order valence-corrected chi connectivity index (χ1v) is 5.69. The van der Waals surface area contributed by atoms with E-state index in [0.29, 0.717) is 31.6 Å². The van der Waals surface area contributed by atoms with E-state index in [0.717, 1.165) is 0 Å². The molecule has 0 aromatic heterocycles. The summed E-state index contributed by atoms with van der Waals surface area (Å²) in [5, 5.41) is 9.38. The van der Waals surface area contributed by atoms with Crippen LogP contribution in [0.1, 0.15) is 18.4 Å². The van der Waals surface area contributed by atoms with E-state index in [1.807, 2.05) is 0 Å². The van der Waals surface area contributed by atoms with Crippen LogP contribution in [0.2, 0.25) is 0 Å². The van der Waals surface area contributed by atoms with Gasteiger partial charge in [0.15, 0.2) is 0 Å². The zero-order chi connectivity index (χ0) is 12.1. The summed E-state index contributed by atoms with van der Waals surface area (Å²) in [6, 6.07) is 6.43. The monoisotopic (exact) mass is 236 g/mol. The van der Waals surface area contributed by atoms with Crippen LogP contribution in [0.25, 0.3) is 0 Å². The number of benzene rings is 1. The normalized spacial score (nSPS) is 23.8. The summed E-state index contributed by atoms with van der Waals surface area (Å²) in [5.41, 5.74) is -0.983. The largest absolute Gasteiger partial charge is 0.481 e. The Kier molecular flexibility index (Phi) is 2.08. The molecule has 1 aromatic rings. The Bertz CT molecular complexity index is 475. The highest BCUT2D eigenvalue weighted by molar-refractivity contribution is 5.81. The SMILES string of the molecule is O=C(O)C1(C2(c3ccccc3F)COC2)CC1. The van der Waals surface area contributed by atoms with Crippen molar-refractivity contribution >= 4 is 5.97 Å². The summed E-state index contributed by atoms with van der Waals surface area (Å²) < 4.78 is 19.1. The summed E-state index contributed by atoms with van der Waals surface area (Å²) in [6.07, 6.45) is 1.22. The van der Waals surface area contributed by atoms with Gasteiger partial charge in [0.1, 0.15) is 5.82 Å². The zero-order valence-electron chi connectivity index (χ0n) is 9.28. The highest BCUT2D eigenvalue weighted by Crippen LogP contribution is 2.62. The van der Waals surface area contributed by atoms with E-state index < -0.39 is 16.8 Å². The number of halogens is 1. The molecule has 0 spiro atoms. The molecule has 3 nitrogen and oxygen atoms in total. The molecule has 0 atom stereocenters. The van der Waals surface area contributed by atoms with Gasteiger partial charge in [-0.15, -0.1) is 0 Å². The summed E-state index contributed by atoms with van der Waals surface area (Å²) >= 11 is 0. The number of aliphatic carboxylic acids is 1. The van der Waals surface area contributed by atoms with Gasteiger partial charge in [0, 0.05) is 0 Å². The van der Waals surface area contributed by atoms with Crippen LogP contribution in [0, 0.1) is 11.2 Å². The molecule has 0 bridgehead atoms. The highest BCUT2D eigenvalue weighted by Gasteiger charge is 2.69. The van der Waals surface area contributed by atoms with Crippen LogP contribution in [0.5, 0.6) is 0 Å². The maximum absolute atomic E-state index is 13.9. The van der Waals surface area contributed by atoms with Crippen LogP contribution in [-0.2, 0) is 14.9 Å². The molecule has 1 saturated heterocycles. The zero-order valence-corrected chi connectivity index (χ0v) is 9.28. The second kappa shape index (κ2) is 3.29. The van der Waals surface area contributed by atoms with E-state index in [1.54, 1.807) is 18.2 Å². The minimum atomic E-state index is -0.830. The molecular formula is C13H13FO3. The van der Waals surface area contributed by atoms with E-state index in [4.69, 9.17) is 4.74 Å². The third-order valence-corrected chi connectivity index (χ3v) is 4.16. The van der Waals surface area contributed by atoms with Crippen molar-refractivity contribution in [3.8, 4) is 0 Å². The molecule has 1 aliphatic carbocycles. The summed E-state index contributed by atoms with van der Waals surface area (Å²) in [7, 11) is 0. The molecule has 0 radical (unpaired) electrons. The Morgan fingerprint density at radius 3 is 2.35 bits per heavy atom. The molecule has 90 valence electrons. The van der Waals surface area contributed by atoms with Crippen molar-refractivity contribution in [3.05, 3.63) is 35.6 Å². The maximum Gasteiger partial charge on any atom is 0.310 e. The lowest BCUT2D eigenvalue weighted by atomic mass is 9.66. The van der Waals surface area contributed by atoms with Crippen LogP contribution in [-0.4, -0.2) is 24.3 Å². The lowest BCUT2D eigenvalue weighted by Gasteiger charge is -2.46. The smallest absolute Gasteiger partial charge is 0.310 e. The Hall–Kier alpha value is -1.42. The molecule has 4 heteroatoms. The second-order valence-corrected chi connectivity index (χ2v) is 4.94. The van der Waals surface area contributed by atoms with Gasteiger partial charge in [-0.1, -0.05) is 18.2 Å². The third-order valence-electron chi connectivity index (χ3n) is 4.16. The number of rotatable bonds is 3. The molecule has 2 aliphatic rings. The van der Waals surface area contributed by atoms with Crippen LogP contribution in [0.4, 0.5) is 4.39 Å². The maximum atomic E-state index is 13.9. The van der Waals surface area contributed by atoms with E-state index >= 15 is 0 Å². The predicted molar refractivity (Wildman–Crippen MR) is 58.2 cm³/mol. The minimum Gasteiger partial charge on any atom is -0.481 e. The van der Waals surface area contributed by atoms with E-state index in [1.165, 1.54) is 6.07 Å². The summed E-state index contributed by atoms with van der Waals surface area (Å²) in [5.74, 6) is -1.16. The Balaban J connectivity index is 2.10. The fourth-order valence-corrected chi connectivity index (χ4v) is 2.87. The number of ether oxygens (including phenoxy) is 1. The minimum absolute atomic E-state index is 0.306. The van der Waals surface area contributed by atoms with Crippen LogP contribution >= 0.6 is 0 Å². The van der Waals surface area contributed by atoms with Gasteiger partial charge in [0.2, 0.25) is 0 Å². The first kappa shape index (κ1) is 10.7. The number of carboxylic acid groups (broad SMARTS) is 1. The molecule has 1 heterocycles. The quantitative estimate of drug-likeness (QED) is 0.872. The third kappa shape index (κ3) is 1.21. The van der Waals surface area contributed by atoms with Crippen LogP contribution in [0.15, 0.2) is 24.3 Å². The topological polar surface area (TPSA) is 46.5 Å². The number of hydrogen-bond acceptors (Lipinski definition) is 2.